The number of carbonyl (C=O) groups is 2. The first-order valence-electron chi connectivity index (χ1n) is 4.45. The second-order valence-electron chi connectivity index (χ2n) is 2.79. The van der Waals surface area contributed by atoms with Crippen molar-refractivity contribution in [2.45, 2.75) is 0 Å². The van der Waals surface area contributed by atoms with Crippen LogP contribution in [0.4, 0.5) is 0 Å². The molecule has 2 aliphatic carbocycles. The highest BCUT2D eigenvalue weighted by molar-refractivity contribution is 7.37. The zero-order chi connectivity index (χ0) is 14.0. The van der Waals surface area contributed by atoms with E-state index in [0.717, 1.165) is 0 Å². The van der Waals surface area contributed by atoms with Gasteiger partial charge in [-0.3, -0.25) is 19.4 Å². The minimum Gasteiger partial charge on any atom is -0.373 e. The van der Waals surface area contributed by atoms with Crippen molar-refractivity contribution < 1.29 is 9.59 Å². The molecule has 2 rings (SSSR count). The van der Waals surface area contributed by atoms with Gasteiger partial charge in [0.1, 0.15) is 0 Å². The molecule has 8 nitrogen and oxygen atoms in total. The van der Waals surface area contributed by atoms with Gasteiger partial charge in [-0.15, -0.1) is 0 Å². The third-order valence-electron chi connectivity index (χ3n) is 1.84. The van der Waals surface area contributed by atoms with Crippen LogP contribution in [-0.2, 0) is 36.6 Å². The van der Waals surface area contributed by atoms with Gasteiger partial charge in [0.15, 0.2) is 11.6 Å². The van der Waals surface area contributed by atoms with Crippen LogP contribution in [-0.4, -0.2) is 11.6 Å². The predicted octanol–water partition coefficient (Wildman–Crippen LogP) is 1.24. The average molecular weight is 312 g/mol. The maximum Gasteiger partial charge on any atom is 0.186 e. The number of nitrogens with zero attached hydrogens (tertiary/aromatic N) is 6. The van der Waals surface area contributed by atoms with Gasteiger partial charge in [0.05, 0.1) is 0 Å². The largest absolute Gasteiger partial charge is 0.373 e. The molecule has 0 unspecified atom stereocenters. The average Bonchev–Trinajstić information content (AvgIpc) is 2.33. The van der Waals surface area contributed by atoms with Crippen LogP contribution in [0, 0.1) is 0 Å². The van der Waals surface area contributed by atoms with Crippen molar-refractivity contribution in [3.05, 3.63) is 79.6 Å². The zero-order valence-electron chi connectivity index (χ0n) is 10.1. The van der Waals surface area contributed by atoms with Crippen molar-refractivity contribution in [1.82, 2.24) is 0 Å². The van der Waals surface area contributed by atoms with Crippen molar-refractivity contribution in [3.63, 3.8) is 0 Å². The van der Waals surface area contributed by atoms with Crippen LogP contribution in [0.2, 0.25) is 0 Å². The monoisotopic (exact) mass is 312 g/mol. The molecule has 2 aliphatic rings. The molecule has 0 atom stereocenters. The first-order valence-corrected chi connectivity index (χ1v) is 4.45. The molecule has 106 valence electrons. The Morgan fingerprint density at radius 2 is 0.950 bits per heavy atom. The molecule has 0 aromatic rings. The lowest BCUT2D eigenvalue weighted by molar-refractivity contribution is -0.114. The van der Waals surface area contributed by atoms with E-state index in [-0.39, 0.29) is 38.6 Å². The molecule has 0 N–H and O–H groups in total. The summed E-state index contributed by atoms with van der Waals surface area (Å²) in [4.78, 5) is 25.4. The fraction of sp³-hybridized carbons (Fsp3) is 0. The lowest BCUT2D eigenvalue weighted by Crippen LogP contribution is -2.13. The van der Waals surface area contributed by atoms with Gasteiger partial charge in [0.25, 0.3) is 0 Å². The summed E-state index contributed by atoms with van der Waals surface area (Å²) >= 11 is 0. The Labute approximate surface area is 128 Å². The Morgan fingerprint density at radius 1 is 0.700 bits per heavy atom. The number of ketones is 2. The Bertz CT molecular complexity index is 500. The Morgan fingerprint density at radius 3 is 1.20 bits per heavy atom. The van der Waals surface area contributed by atoms with Gasteiger partial charge in [-0.25, -0.2) is 0 Å². The zero-order valence-corrected chi connectivity index (χ0v) is 12.4. The molecule has 0 heterocycles. The maximum absolute atomic E-state index is 11.2. The number of allylic oxidation sites excluding steroid dienone is 8. The normalized spacial score (nSPS) is 13.0. The smallest absolute Gasteiger partial charge is 0.186 e. The molecule has 0 amide bonds. The summed E-state index contributed by atoms with van der Waals surface area (Å²) in [5, 5.41) is 0. The van der Waals surface area contributed by atoms with Crippen LogP contribution in [0.5, 0.6) is 0 Å². The van der Waals surface area contributed by atoms with E-state index in [4.69, 9.17) is 22.1 Å². The second-order valence-corrected chi connectivity index (χ2v) is 2.79. The van der Waals surface area contributed by atoms with Gasteiger partial charge in [-0.2, -0.15) is 0 Å². The van der Waals surface area contributed by atoms with E-state index in [1.807, 2.05) is 0 Å². The molecule has 0 aromatic carbocycles. The van der Waals surface area contributed by atoms with E-state index in [2.05, 4.69) is 0 Å². The van der Waals surface area contributed by atoms with Crippen LogP contribution in [0.15, 0.2) is 47.6 Å². The summed E-state index contributed by atoms with van der Waals surface area (Å²) in [6, 6.07) is 0. The summed E-state index contributed by atoms with van der Waals surface area (Å²) in [7, 11) is 0. The van der Waals surface area contributed by atoms with Crippen molar-refractivity contribution in [2.75, 3.05) is 0 Å². The summed E-state index contributed by atoms with van der Waals surface area (Å²) in [6.45, 7) is 0. The molecule has 0 aliphatic heterocycles. The highest BCUT2D eigenvalue weighted by Crippen LogP contribution is 2.21. The quantitative estimate of drug-likeness (QED) is 0.286. The lowest BCUT2D eigenvalue weighted by Gasteiger charge is -2.11. The van der Waals surface area contributed by atoms with Gasteiger partial charge in [-0.05, 0) is 12.2 Å². The summed E-state index contributed by atoms with van der Waals surface area (Å²) in [5.41, 5.74) is 28.0. The molecular formula is C10H12N6O2S2. The molecule has 0 radical (unpaired) electrons. The number of fused-ring (bicyclic) bond motifs is 1. The van der Waals surface area contributed by atoms with Crippen LogP contribution in [0.25, 0.3) is 31.9 Å². The second kappa shape index (κ2) is 13.1. The number of hydrogen-bond donors (Lipinski definition) is 0. The molecule has 0 fully saturated rings. The van der Waals surface area contributed by atoms with Gasteiger partial charge in [0, 0.05) is 11.1 Å². The van der Waals surface area contributed by atoms with E-state index in [0.29, 0.717) is 11.1 Å². The molecule has 10 heteroatoms. The van der Waals surface area contributed by atoms with Gasteiger partial charge >= 0.3 is 0 Å². The SMILES string of the molecule is O=C1C=CC=C2C(=O)C=CC=C12.[N-]=[N+]=[N-].[N-]=[N+]=[N-].[SH3+].[SH3+]. The molecule has 0 bridgehead atoms. The van der Waals surface area contributed by atoms with Crippen molar-refractivity contribution in [3.8, 4) is 0 Å². The standard InChI is InChI=1S/C10H6O2.2N3.2H2S/c11-9-5-1-3-7-8(9)4-2-6-10(7)12;2*1-3-2;;/h1-6H;;;2*1H2/q;2*-1;;/p+2. The summed E-state index contributed by atoms with van der Waals surface area (Å²) in [5.74, 6) is -0.185. The molecule has 0 spiro atoms. The Kier molecular flexibility index (Phi) is 14.9. The lowest BCUT2D eigenvalue weighted by atomic mass is 9.90. The van der Waals surface area contributed by atoms with E-state index in [1.54, 1.807) is 24.3 Å². The number of rotatable bonds is 0. The van der Waals surface area contributed by atoms with Gasteiger partial charge in [-0.1, -0.05) is 51.3 Å². The molecule has 0 saturated heterocycles. The van der Waals surface area contributed by atoms with Crippen LogP contribution in [0.3, 0.4) is 0 Å². The first kappa shape index (κ1) is 22.8. The minimum absolute atomic E-state index is 0. The highest BCUT2D eigenvalue weighted by Gasteiger charge is 2.20. The van der Waals surface area contributed by atoms with E-state index >= 15 is 0 Å². The number of hydrogen-bond acceptors (Lipinski definition) is 2. The van der Waals surface area contributed by atoms with E-state index < -0.39 is 0 Å². The number of carbonyl (C=O) groups excluding carboxylic acids is 2. The summed E-state index contributed by atoms with van der Waals surface area (Å²) < 4.78 is 0. The molecular weight excluding hydrogens is 300 g/mol. The fourth-order valence-electron chi connectivity index (χ4n) is 1.25. The van der Waals surface area contributed by atoms with Crippen LogP contribution in [0.1, 0.15) is 0 Å². The van der Waals surface area contributed by atoms with Crippen molar-refractivity contribution >= 4 is 38.6 Å². The Balaban J connectivity index is -0.000000316. The van der Waals surface area contributed by atoms with E-state index in [9.17, 15) is 9.59 Å². The topological polar surface area (TPSA) is 152 Å². The van der Waals surface area contributed by atoms with E-state index in [1.165, 1.54) is 22.0 Å². The van der Waals surface area contributed by atoms with Crippen LogP contribution < -0.4 is 0 Å². The summed E-state index contributed by atoms with van der Waals surface area (Å²) in [6.07, 6.45) is 9.46. The third-order valence-corrected chi connectivity index (χ3v) is 1.84. The molecule has 0 aromatic heterocycles. The van der Waals surface area contributed by atoms with Crippen LogP contribution >= 0.6 is 0 Å². The highest BCUT2D eigenvalue weighted by atomic mass is 32.1. The van der Waals surface area contributed by atoms with Gasteiger partial charge in [0.2, 0.25) is 0 Å². The van der Waals surface area contributed by atoms with Crippen molar-refractivity contribution in [1.29, 1.82) is 0 Å². The maximum atomic E-state index is 11.2. The molecule has 20 heavy (non-hydrogen) atoms. The predicted molar refractivity (Wildman–Crippen MR) is 87.7 cm³/mol. The Hall–Kier alpha value is -2.38. The first-order chi connectivity index (χ1) is 8.62. The minimum atomic E-state index is -0.0924. The third kappa shape index (κ3) is 7.14. The van der Waals surface area contributed by atoms with Gasteiger partial charge < -0.3 is 22.1 Å². The molecule has 0 saturated carbocycles. The van der Waals surface area contributed by atoms with Crippen molar-refractivity contribution in [2.24, 2.45) is 0 Å². The fourth-order valence-corrected chi connectivity index (χ4v) is 1.25.